The Morgan fingerprint density at radius 3 is 2.44 bits per heavy atom. The topological polar surface area (TPSA) is 107 Å². The second kappa shape index (κ2) is 8.28. The molecule has 136 valence electrons. The summed E-state index contributed by atoms with van der Waals surface area (Å²) in [5, 5.41) is 14.8. The second-order valence-corrected chi connectivity index (χ2v) is 6.30. The van der Waals surface area contributed by atoms with Crippen molar-refractivity contribution in [3.8, 4) is 0 Å². The predicted octanol–water partition coefficient (Wildman–Crippen LogP) is 4.07. The Labute approximate surface area is 158 Å². The minimum atomic E-state index is -0.517. The van der Waals surface area contributed by atoms with Gasteiger partial charge in [-0.3, -0.25) is 10.1 Å². The van der Waals surface area contributed by atoms with Gasteiger partial charge in [-0.05, 0) is 36.4 Å². The molecule has 0 aliphatic rings. The van der Waals surface area contributed by atoms with Crippen LogP contribution in [0.5, 0.6) is 0 Å². The third-order valence-electron chi connectivity index (χ3n) is 3.50. The summed E-state index contributed by atoms with van der Waals surface area (Å²) >= 11 is 1.18. The third-order valence-corrected chi connectivity index (χ3v) is 4.50. The highest BCUT2D eigenvalue weighted by Gasteiger charge is 2.24. The molecule has 3 rings (SSSR count). The number of nitrogens with zero attached hydrogens (tertiary/aromatic N) is 3. The van der Waals surface area contributed by atoms with E-state index in [1.807, 2.05) is 30.3 Å². The quantitative estimate of drug-likeness (QED) is 0.294. The van der Waals surface area contributed by atoms with Crippen LogP contribution in [0.2, 0.25) is 0 Å². The summed E-state index contributed by atoms with van der Waals surface area (Å²) in [5.41, 5.74) is 0.698. The first kappa shape index (κ1) is 18.3. The van der Waals surface area contributed by atoms with Crippen molar-refractivity contribution in [2.75, 3.05) is 12.4 Å². The zero-order valence-electron chi connectivity index (χ0n) is 14.2. The Morgan fingerprint density at radius 1 is 1.11 bits per heavy atom. The van der Waals surface area contributed by atoms with E-state index >= 15 is 0 Å². The molecule has 0 fully saturated rings. The molecule has 0 saturated carbocycles. The van der Waals surface area contributed by atoms with Crippen molar-refractivity contribution < 1.29 is 14.5 Å². The normalized spacial score (nSPS) is 10.3. The van der Waals surface area contributed by atoms with Gasteiger partial charge < -0.3 is 10.1 Å². The number of ether oxygens (including phenoxy) is 1. The van der Waals surface area contributed by atoms with Crippen LogP contribution < -0.4 is 5.32 Å². The van der Waals surface area contributed by atoms with Gasteiger partial charge in [0.1, 0.15) is 6.33 Å². The maximum Gasteiger partial charge on any atom is 0.343 e. The van der Waals surface area contributed by atoms with Gasteiger partial charge in [0.2, 0.25) is 5.82 Å². The fourth-order valence-corrected chi connectivity index (χ4v) is 3.12. The third kappa shape index (κ3) is 4.39. The molecule has 3 aromatic rings. The monoisotopic (exact) mass is 382 g/mol. The molecule has 8 nitrogen and oxygen atoms in total. The first-order valence-electron chi connectivity index (χ1n) is 7.76. The van der Waals surface area contributed by atoms with Crippen molar-refractivity contribution >= 4 is 34.9 Å². The molecule has 0 unspecified atom stereocenters. The Hall–Kier alpha value is -3.46. The van der Waals surface area contributed by atoms with Crippen LogP contribution in [0.4, 0.5) is 17.2 Å². The van der Waals surface area contributed by atoms with E-state index in [2.05, 4.69) is 20.0 Å². The number of nitrogens with one attached hydrogen (secondary N) is 1. The average Bonchev–Trinajstić information content (AvgIpc) is 2.68. The Balaban J connectivity index is 1.90. The number of hydrogen-bond acceptors (Lipinski definition) is 8. The van der Waals surface area contributed by atoms with Crippen molar-refractivity contribution in [3.63, 3.8) is 0 Å². The number of nitro groups is 1. The van der Waals surface area contributed by atoms with Crippen molar-refractivity contribution in [1.82, 2.24) is 9.97 Å². The minimum absolute atomic E-state index is 0.0687. The standard InChI is InChI=1S/C18H14N4O4S/c1-26-18(23)12-7-9-13(10-8-12)21-16-15(22(24)25)17(20-11-19-16)27-14-5-3-2-4-6-14/h2-11H,1H3,(H,19,20,21). The van der Waals surface area contributed by atoms with Crippen LogP contribution in [0.15, 0.2) is 70.8 Å². The highest BCUT2D eigenvalue weighted by molar-refractivity contribution is 7.99. The molecule has 0 atom stereocenters. The highest BCUT2D eigenvalue weighted by atomic mass is 32.2. The number of benzene rings is 2. The Kier molecular flexibility index (Phi) is 5.62. The van der Waals surface area contributed by atoms with E-state index in [9.17, 15) is 14.9 Å². The first-order chi connectivity index (χ1) is 13.1. The molecule has 9 heteroatoms. The zero-order valence-corrected chi connectivity index (χ0v) is 15.0. The lowest BCUT2D eigenvalue weighted by Crippen LogP contribution is -2.04. The molecule has 1 aromatic heterocycles. The van der Waals surface area contributed by atoms with Gasteiger partial charge in [-0.15, -0.1) is 0 Å². The lowest BCUT2D eigenvalue weighted by atomic mass is 10.2. The Bertz CT molecular complexity index is 965. The van der Waals surface area contributed by atoms with Crippen molar-refractivity contribution in [1.29, 1.82) is 0 Å². The predicted molar refractivity (Wildman–Crippen MR) is 100 cm³/mol. The zero-order chi connectivity index (χ0) is 19.2. The van der Waals surface area contributed by atoms with E-state index in [1.54, 1.807) is 24.3 Å². The molecule has 0 radical (unpaired) electrons. The minimum Gasteiger partial charge on any atom is -0.465 e. The number of esters is 1. The number of methoxy groups -OCH3 is 1. The number of carbonyl (C=O) groups excluding carboxylic acids is 1. The maximum absolute atomic E-state index is 11.6. The van der Waals surface area contributed by atoms with Gasteiger partial charge in [0.15, 0.2) is 5.03 Å². The number of carbonyl (C=O) groups is 1. The maximum atomic E-state index is 11.6. The van der Waals surface area contributed by atoms with Crippen molar-refractivity contribution in [2.24, 2.45) is 0 Å². The first-order valence-corrected chi connectivity index (χ1v) is 8.58. The molecule has 0 aliphatic carbocycles. The van der Waals surface area contributed by atoms with E-state index in [0.29, 0.717) is 11.3 Å². The molecule has 0 amide bonds. The summed E-state index contributed by atoms with van der Waals surface area (Å²) < 4.78 is 4.65. The van der Waals surface area contributed by atoms with Gasteiger partial charge in [0.25, 0.3) is 0 Å². The highest BCUT2D eigenvalue weighted by Crippen LogP contribution is 2.37. The molecule has 0 spiro atoms. The van der Waals surface area contributed by atoms with E-state index < -0.39 is 10.9 Å². The SMILES string of the molecule is COC(=O)c1ccc(Nc2ncnc(Sc3ccccc3)c2[N+](=O)[O-])cc1. The van der Waals surface area contributed by atoms with E-state index in [1.165, 1.54) is 25.2 Å². The molecular formula is C18H14N4O4S. The van der Waals surface area contributed by atoms with E-state index in [0.717, 1.165) is 4.90 Å². The van der Waals surface area contributed by atoms with Crippen LogP contribution >= 0.6 is 11.8 Å². The summed E-state index contributed by atoms with van der Waals surface area (Å²) in [6.45, 7) is 0. The molecule has 1 heterocycles. The number of anilines is 2. The number of rotatable bonds is 6. The molecule has 0 saturated heterocycles. The summed E-state index contributed by atoms with van der Waals surface area (Å²) in [7, 11) is 1.30. The van der Waals surface area contributed by atoms with Gasteiger partial charge in [-0.1, -0.05) is 30.0 Å². The van der Waals surface area contributed by atoms with Crippen LogP contribution in [0.25, 0.3) is 0 Å². The number of hydrogen-bond donors (Lipinski definition) is 1. The summed E-state index contributed by atoms with van der Waals surface area (Å²) in [6.07, 6.45) is 1.27. The van der Waals surface area contributed by atoms with Gasteiger partial charge in [-0.2, -0.15) is 0 Å². The summed E-state index contributed by atoms with van der Waals surface area (Å²) in [6, 6.07) is 15.6. The molecule has 27 heavy (non-hydrogen) atoms. The lowest BCUT2D eigenvalue weighted by Gasteiger charge is -2.09. The van der Waals surface area contributed by atoms with Gasteiger partial charge in [-0.25, -0.2) is 14.8 Å². The lowest BCUT2D eigenvalue weighted by molar-refractivity contribution is -0.387. The molecule has 0 aliphatic heterocycles. The van der Waals surface area contributed by atoms with Crippen LogP contribution in [0.1, 0.15) is 10.4 Å². The average molecular weight is 382 g/mol. The van der Waals surface area contributed by atoms with Crippen molar-refractivity contribution in [2.45, 2.75) is 9.92 Å². The number of aromatic nitrogens is 2. The van der Waals surface area contributed by atoms with Crippen LogP contribution in [0.3, 0.4) is 0 Å². The van der Waals surface area contributed by atoms with Crippen LogP contribution in [0, 0.1) is 10.1 Å². The van der Waals surface area contributed by atoms with Gasteiger partial charge >= 0.3 is 11.7 Å². The molecule has 0 bridgehead atoms. The summed E-state index contributed by atoms with van der Waals surface area (Å²) in [5.74, 6) is -0.393. The Morgan fingerprint density at radius 2 is 1.81 bits per heavy atom. The molecule has 2 aromatic carbocycles. The largest absolute Gasteiger partial charge is 0.465 e. The second-order valence-electron chi connectivity index (χ2n) is 5.24. The summed E-state index contributed by atoms with van der Waals surface area (Å²) in [4.78, 5) is 31.5. The van der Waals surface area contributed by atoms with Crippen molar-refractivity contribution in [3.05, 3.63) is 76.6 Å². The van der Waals surface area contributed by atoms with E-state index in [4.69, 9.17) is 0 Å². The van der Waals surface area contributed by atoms with Crippen LogP contribution in [-0.2, 0) is 4.74 Å². The fraction of sp³-hybridized carbons (Fsp3) is 0.0556. The fourth-order valence-electron chi connectivity index (χ4n) is 2.24. The van der Waals surface area contributed by atoms with E-state index in [-0.39, 0.29) is 16.5 Å². The van der Waals surface area contributed by atoms with Gasteiger partial charge in [0, 0.05) is 10.6 Å². The van der Waals surface area contributed by atoms with Gasteiger partial charge in [0.05, 0.1) is 17.6 Å². The molecule has 1 N–H and O–H groups in total. The molecular weight excluding hydrogens is 368 g/mol. The van der Waals surface area contributed by atoms with Crippen LogP contribution in [-0.4, -0.2) is 28.0 Å². The smallest absolute Gasteiger partial charge is 0.343 e.